The van der Waals surface area contributed by atoms with Gasteiger partial charge in [0, 0.05) is 26.2 Å². The SMILES string of the molecule is Cn1cc(N)c(NCCC(C)(F)F)n1. The second-order valence-electron chi connectivity index (χ2n) is 3.35. The highest BCUT2D eigenvalue weighted by Gasteiger charge is 2.20. The highest BCUT2D eigenvalue weighted by molar-refractivity contribution is 5.59. The first-order chi connectivity index (χ1) is 6.38. The van der Waals surface area contributed by atoms with Crippen LogP contribution < -0.4 is 11.1 Å². The summed E-state index contributed by atoms with van der Waals surface area (Å²) in [6.45, 7) is 1.04. The smallest absolute Gasteiger partial charge is 0.247 e. The van der Waals surface area contributed by atoms with Crippen LogP contribution >= 0.6 is 0 Å². The van der Waals surface area contributed by atoms with Crippen molar-refractivity contribution in [2.75, 3.05) is 17.6 Å². The van der Waals surface area contributed by atoms with Crippen LogP contribution in [0.1, 0.15) is 13.3 Å². The Labute approximate surface area is 81.1 Å². The topological polar surface area (TPSA) is 55.9 Å². The molecule has 4 nitrogen and oxygen atoms in total. The highest BCUT2D eigenvalue weighted by Crippen LogP contribution is 2.18. The first-order valence-corrected chi connectivity index (χ1v) is 4.29. The molecule has 1 aromatic heterocycles. The lowest BCUT2D eigenvalue weighted by Crippen LogP contribution is -2.16. The molecule has 80 valence electrons. The van der Waals surface area contributed by atoms with Crippen molar-refractivity contribution in [2.24, 2.45) is 7.05 Å². The quantitative estimate of drug-likeness (QED) is 0.780. The first kappa shape index (κ1) is 10.7. The van der Waals surface area contributed by atoms with Crippen LogP contribution in [0, 0.1) is 0 Å². The van der Waals surface area contributed by atoms with Gasteiger partial charge in [0.1, 0.15) is 0 Å². The molecule has 0 saturated carbocycles. The zero-order valence-corrected chi connectivity index (χ0v) is 8.22. The second kappa shape index (κ2) is 3.81. The standard InChI is InChI=1S/C8H14F2N4/c1-8(9,10)3-4-12-7-6(11)5-14(2)13-7/h5H,3-4,11H2,1-2H3,(H,12,13). The van der Waals surface area contributed by atoms with Gasteiger partial charge in [-0.05, 0) is 6.92 Å². The Balaban J connectivity index is 2.42. The van der Waals surface area contributed by atoms with Crippen molar-refractivity contribution < 1.29 is 8.78 Å². The molecule has 0 saturated heterocycles. The van der Waals surface area contributed by atoms with Gasteiger partial charge < -0.3 is 11.1 Å². The number of hydrogen-bond acceptors (Lipinski definition) is 3. The number of hydrogen-bond donors (Lipinski definition) is 2. The fourth-order valence-corrected chi connectivity index (χ4v) is 1.04. The van der Waals surface area contributed by atoms with E-state index >= 15 is 0 Å². The number of nitrogens with one attached hydrogen (secondary N) is 1. The Kier molecular flexibility index (Phi) is 2.93. The van der Waals surface area contributed by atoms with Gasteiger partial charge in [-0.15, -0.1) is 0 Å². The lowest BCUT2D eigenvalue weighted by Gasteiger charge is -2.10. The molecule has 0 fully saturated rings. The summed E-state index contributed by atoms with van der Waals surface area (Å²) in [5.74, 6) is -2.20. The Morgan fingerprint density at radius 3 is 2.71 bits per heavy atom. The van der Waals surface area contributed by atoms with Crippen LogP contribution in [0.3, 0.4) is 0 Å². The fraction of sp³-hybridized carbons (Fsp3) is 0.625. The van der Waals surface area contributed by atoms with E-state index in [0.717, 1.165) is 6.92 Å². The molecule has 0 aromatic carbocycles. The number of nitrogens with zero attached hydrogens (tertiary/aromatic N) is 2. The molecule has 0 amide bonds. The van der Waals surface area contributed by atoms with Crippen molar-refractivity contribution in [2.45, 2.75) is 19.3 Å². The average molecular weight is 204 g/mol. The summed E-state index contributed by atoms with van der Waals surface area (Å²) in [6.07, 6.45) is 1.38. The summed E-state index contributed by atoms with van der Waals surface area (Å²) < 4.78 is 26.4. The van der Waals surface area contributed by atoms with Gasteiger partial charge in [0.2, 0.25) is 5.92 Å². The van der Waals surface area contributed by atoms with Crippen LogP contribution in [-0.2, 0) is 7.05 Å². The van der Waals surface area contributed by atoms with Gasteiger partial charge in [-0.25, -0.2) is 8.78 Å². The van der Waals surface area contributed by atoms with Gasteiger partial charge in [-0.3, -0.25) is 4.68 Å². The van der Waals surface area contributed by atoms with E-state index in [1.807, 2.05) is 0 Å². The molecule has 0 unspecified atom stereocenters. The zero-order valence-electron chi connectivity index (χ0n) is 8.22. The van der Waals surface area contributed by atoms with Gasteiger partial charge in [0.05, 0.1) is 5.69 Å². The van der Waals surface area contributed by atoms with E-state index in [1.165, 1.54) is 4.68 Å². The predicted octanol–water partition coefficient (Wildman–Crippen LogP) is 1.46. The Morgan fingerprint density at radius 2 is 2.29 bits per heavy atom. The van der Waals surface area contributed by atoms with Crippen molar-refractivity contribution in [1.82, 2.24) is 9.78 Å². The molecule has 6 heteroatoms. The molecule has 1 rings (SSSR count). The molecule has 0 bridgehead atoms. The molecule has 14 heavy (non-hydrogen) atoms. The molecule has 0 aliphatic carbocycles. The maximum Gasteiger partial charge on any atom is 0.247 e. The maximum atomic E-state index is 12.4. The summed E-state index contributed by atoms with van der Waals surface area (Å²) >= 11 is 0. The van der Waals surface area contributed by atoms with Crippen LogP contribution in [0.4, 0.5) is 20.3 Å². The molecule has 0 aliphatic rings. The Morgan fingerprint density at radius 1 is 1.64 bits per heavy atom. The zero-order chi connectivity index (χ0) is 10.8. The number of halogens is 2. The van der Waals surface area contributed by atoms with Crippen LogP contribution in [0.5, 0.6) is 0 Å². The lowest BCUT2D eigenvalue weighted by molar-refractivity contribution is 0.0167. The van der Waals surface area contributed by atoms with E-state index < -0.39 is 5.92 Å². The molecular weight excluding hydrogens is 190 g/mol. The predicted molar refractivity (Wildman–Crippen MR) is 51.3 cm³/mol. The van der Waals surface area contributed by atoms with Crippen molar-refractivity contribution in [3.05, 3.63) is 6.20 Å². The highest BCUT2D eigenvalue weighted by atomic mass is 19.3. The van der Waals surface area contributed by atoms with E-state index in [0.29, 0.717) is 11.5 Å². The van der Waals surface area contributed by atoms with Crippen LogP contribution in [0.15, 0.2) is 6.20 Å². The summed E-state index contributed by atoms with van der Waals surface area (Å²) in [7, 11) is 1.72. The van der Waals surface area contributed by atoms with Crippen LogP contribution in [0.25, 0.3) is 0 Å². The minimum absolute atomic E-state index is 0.157. The third kappa shape index (κ3) is 3.20. The summed E-state index contributed by atoms with van der Waals surface area (Å²) in [4.78, 5) is 0. The van der Waals surface area contributed by atoms with E-state index in [-0.39, 0.29) is 13.0 Å². The summed E-state index contributed by atoms with van der Waals surface area (Å²) in [5.41, 5.74) is 6.02. The Bertz CT molecular complexity index is 303. The van der Waals surface area contributed by atoms with Gasteiger partial charge in [-0.2, -0.15) is 5.10 Å². The van der Waals surface area contributed by atoms with Gasteiger partial charge >= 0.3 is 0 Å². The Hall–Kier alpha value is -1.33. The van der Waals surface area contributed by atoms with Crippen molar-refractivity contribution in [1.29, 1.82) is 0 Å². The van der Waals surface area contributed by atoms with Gasteiger partial charge in [0.25, 0.3) is 0 Å². The number of nitrogens with two attached hydrogens (primary N) is 1. The molecular formula is C8H14F2N4. The summed E-state index contributed by atoms with van der Waals surface area (Å²) in [6, 6.07) is 0. The van der Waals surface area contributed by atoms with Crippen LogP contribution in [-0.4, -0.2) is 22.2 Å². The number of anilines is 2. The molecule has 1 aromatic rings. The number of nitrogen functional groups attached to an aromatic ring is 1. The van der Waals surface area contributed by atoms with E-state index in [9.17, 15) is 8.78 Å². The largest absolute Gasteiger partial charge is 0.394 e. The minimum atomic E-state index is -2.66. The second-order valence-corrected chi connectivity index (χ2v) is 3.35. The molecule has 0 spiro atoms. The minimum Gasteiger partial charge on any atom is -0.394 e. The maximum absolute atomic E-state index is 12.4. The number of aromatic nitrogens is 2. The normalized spacial score (nSPS) is 11.7. The van der Waals surface area contributed by atoms with E-state index in [1.54, 1.807) is 13.2 Å². The average Bonchev–Trinajstić information content (AvgIpc) is 2.27. The van der Waals surface area contributed by atoms with Gasteiger partial charge in [0.15, 0.2) is 5.82 Å². The first-order valence-electron chi connectivity index (χ1n) is 4.29. The molecule has 3 N–H and O–H groups in total. The molecule has 0 aliphatic heterocycles. The van der Waals surface area contributed by atoms with Gasteiger partial charge in [-0.1, -0.05) is 0 Å². The van der Waals surface area contributed by atoms with Crippen LogP contribution in [0.2, 0.25) is 0 Å². The monoisotopic (exact) mass is 204 g/mol. The molecule has 0 radical (unpaired) electrons. The third-order valence-electron chi connectivity index (χ3n) is 1.71. The van der Waals surface area contributed by atoms with Crippen molar-refractivity contribution in [3.8, 4) is 0 Å². The lowest BCUT2D eigenvalue weighted by atomic mass is 10.3. The van der Waals surface area contributed by atoms with Crippen molar-refractivity contribution >= 4 is 11.5 Å². The van der Waals surface area contributed by atoms with E-state index in [2.05, 4.69) is 10.4 Å². The number of aryl methyl sites for hydroxylation is 1. The number of rotatable bonds is 4. The third-order valence-corrected chi connectivity index (χ3v) is 1.71. The summed E-state index contributed by atoms with van der Waals surface area (Å²) in [5, 5.41) is 6.72. The molecule has 0 atom stereocenters. The number of alkyl halides is 2. The molecule has 1 heterocycles. The fourth-order valence-electron chi connectivity index (χ4n) is 1.04. The van der Waals surface area contributed by atoms with E-state index in [4.69, 9.17) is 5.73 Å². The van der Waals surface area contributed by atoms with Crippen molar-refractivity contribution in [3.63, 3.8) is 0 Å².